The highest BCUT2D eigenvalue weighted by atomic mass is 35.5. The van der Waals surface area contributed by atoms with Gasteiger partial charge < -0.3 is 5.11 Å². The molecular formula is C21H14ClF3N2O2S. The zero-order valence-electron chi connectivity index (χ0n) is 15.2. The number of hydrogen-bond acceptors (Lipinski definition) is 4. The first-order chi connectivity index (χ1) is 13.9. The van der Waals surface area contributed by atoms with Crippen LogP contribution in [0.4, 0.5) is 13.2 Å². The van der Waals surface area contributed by atoms with Crippen molar-refractivity contribution in [3.63, 3.8) is 0 Å². The molecule has 4 rings (SSSR count). The number of thiazole rings is 1. The normalized spacial score (nSPS) is 11.8. The Morgan fingerprint density at radius 2 is 1.77 bits per heavy atom. The standard InChI is InChI=1S/C21H13F3N2O2S.ClH/c22-14-8-15(23)20-19(18(14)24)26-16(29-20)7-11-6-13(10-25-9-11)17(21(27)28)12-4-2-1-3-5-12;/h1-6,8-10,17H,7H2,(H,27,28);1H. The summed E-state index contributed by atoms with van der Waals surface area (Å²) in [5, 5.41) is 10.1. The SMILES string of the molecule is Cl.O=C(O)C(c1ccccc1)c1cncc(Cc2nc3c(F)c(F)cc(F)c3s2)c1. The largest absolute Gasteiger partial charge is 0.481 e. The molecule has 0 aliphatic rings. The van der Waals surface area contributed by atoms with Gasteiger partial charge in [-0.05, 0) is 16.7 Å². The summed E-state index contributed by atoms with van der Waals surface area (Å²) < 4.78 is 41.2. The van der Waals surface area contributed by atoms with Gasteiger partial charge in [-0.25, -0.2) is 18.2 Å². The summed E-state index contributed by atoms with van der Waals surface area (Å²) in [5.74, 6) is -5.27. The molecule has 154 valence electrons. The first-order valence-electron chi connectivity index (χ1n) is 8.58. The Bertz CT molecular complexity index is 1220. The van der Waals surface area contributed by atoms with Crippen molar-refractivity contribution in [3.8, 4) is 0 Å². The molecule has 0 saturated heterocycles. The predicted octanol–water partition coefficient (Wildman–Crippen LogP) is 5.34. The van der Waals surface area contributed by atoms with Crippen LogP contribution in [0.1, 0.15) is 27.6 Å². The molecule has 0 fully saturated rings. The van der Waals surface area contributed by atoms with E-state index in [1.54, 1.807) is 36.4 Å². The Balaban J connectivity index is 0.00000256. The molecule has 0 bridgehead atoms. The van der Waals surface area contributed by atoms with Crippen LogP contribution in [0.5, 0.6) is 0 Å². The number of aliphatic carboxylic acids is 1. The monoisotopic (exact) mass is 450 g/mol. The van der Waals surface area contributed by atoms with Crippen LogP contribution in [0, 0.1) is 17.5 Å². The number of nitrogens with zero attached hydrogens (tertiary/aromatic N) is 2. The number of benzene rings is 2. The second kappa shape index (κ2) is 8.81. The summed E-state index contributed by atoms with van der Waals surface area (Å²) in [6.07, 6.45) is 3.19. The Morgan fingerprint density at radius 3 is 2.47 bits per heavy atom. The van der Waals surface area contributed by atoms with Crippen molar-refractivity contribution < 1.29 is 23.1 Å². The Labute approximate surface area is 179 Å². The predicted molar refractivity (Wildman–Crippen MR) is 110 cm³/mol. The molecule has 0 aliphatic heterocycles. The van der Waals surface area contributed by atoms with Crippen LogP contribution in [-0.4, -0.2) is 21.0 Å². The van der Waals surface area contributed by atoms with Crippen molar-refractivity contribution in [2.45, 2.75) is 12.3 Å². The fourth-order valence-electron chi connectivity index (χ4n) is 3.16. The number of carboxylic acids is 1. The topological polar surface area (TPSA) is 63.1 Å². The first kappa shape index (κ1) is 21.7. The van der Waals surface area contributed by atoms with Gasteiger partial charge in [0.2, 0.25) is 0 Å². The maximum absolute atomic E-state index is 13.9. The van der Waals surface area contributed by atoms with E-state index in [4.69, 9.17) is 0 Å². The molecular weight excluding hydrogens is 437 g/mol. The van der Waals surface area contributed by atoms with Crippen molar-refractivity contribution in [1.82, 2.24) is 9.97 Å². The number of hydrogen-bond donors (Lipinski definition) is 1. The van der Waals surface area contributed by atoms with Crippen molar-refractivity contribution >= 4 is 39.9 Å². The minimum atomic E-state index is -1.29. The summed E-state index contributed by atoms with van der Waals surface area (Å²) in [7, 11) is 0. The van der Waals surface area contributed by atoms with Gasteiger partial charge in [0, 0.05) is 24.9 Å². The molecule has 1 atom stereocenters. The van der Waals surface area contributed by atoms with Gasteiger partial charge in [0.05, 0.1) is 9.71 Å². The number of pyridine rings is 1. The van der Waals surface area contributed by atoms with E-state index in [1.807, 2.05) is 0 Å². The molecule has 4 nitrogen and oxygen atoms in total. The molecule has 0 spiro atoms. The van der Waals surface area contributed by atoms with Crippen LogP contribution in [0.3, 0.4) is 0 Å². The van der Waals surface area contributed by atoms with Gasteiger partial charge in [-0.3, -0.25) is 9.78 Å². The number of aromatic nitrogens is 2. The van der Waals surface area contributed by atoms with Crippen LogP contribution < -0.4 is 0 Å². The third kappa shape index (κ3) is 4.15. The van der Waals surface area contributed by atoms with E-state index in [1.165, 1.54) is 12.4 Å². The molecule has 4 aromatic rings. The molecule has 0 saturated carbocycles. The van der Waals surface area contributed by atoms with Crippen LogP contribution in [0.2, 0.25) is 0 Å². The quantitative estimate of drug-likeness (QED) is 0.417. The molecule has 0 aliphatic carbocycles. The van der Waals surface area contributed by atoms with E-state index in [9.17, 15) is 23.1 Å². The fourth-order valence-corrected chi connectivity index (χ4v) is 4.16. The molecule has 2 aromatic heterocycles. The Kier molecular flexibility index (Phi) is 6.38. The van der Waals surface area contributed by atoms with Crippen LogP contribution in [0.15, 0.2) is 54.9 Å². The number of carboxylic acid groups (broad SMARTS) is 1. The summed E-state index contributed by atoms with van der Waals surface area (Å²) in [6.45, 7) is 0. The van der Waals surface area contributed by atoms with E-state index in [0.29, 0.717) is 27.8 Å². The van der Waals surface area contributed by atoms with Gasteiger partial charge in [-0.1, -0.05) is 36.4 Å². The molecule has 1 unspecified atom stereocenters. The fraction of sp³-hybridized carbons (Fsp3) is 0.0952. The number of rotatable bonds is 5. The molecule has 30 heavy (non-hydrogen) atoms. The lowest BCUT2D eigenvalue weighted by Crippen LogP contribution is -2.13. The number of halogens is 4. The maximum Gasteiger partial charge on any atom is 0.315 e. The van der Waals surface area contributed by atoms with Gasteiger partial charge in [-0.2, -0.15) is 0 Å². The van der Waals surface area contributed by atoms with Gasteiger partial charge in [0.15, 0.2) is 11.6 Å². The van der Waals surface area contributed by atoms with E-state index in [0.717, 1.165) is 11.3 Å². The van der Waals surface area contributed by atoms with E-state index < -0.39 is 29.3 Å². The second-order valence-electron chi connectivity index (χ2n) is 6.42. The van der Waals surface area contributed by atoms with Crippen molar-refractivity contribution in [1.29, 1.82) is 0 Å². The van der Waals surface area contributed by atoms with Gasteiger partial charge in [-0.15, -0.1) is 23.7 Å². The van der Waals surface area contributed by atoms with Crippen LogP contribution in [-0.2, 0) is 11.2 Å². The van der Waals surface area contributed by atoms with E-state index in [2.05, 4.69) is 9.97 Å². The highest BCUT2D eigenvalue weighted by molar-refractivity contribution is 7.18. The van der Waals surface area contributed by atoms with Gasteiger partial charge >= 0.3 is 5.97 Å². The third-order valence-electron chi connectivity index (χ3n) is 4.44. The average molecular weight is 451 g/mol. The molecule has 0 radical (unpaired) electrons. The minimum Gasteiger partial charge on any atom is -0.481 e. The molecule has 2 aromatic carbocycles. The molecule has 1 N–H and O–H groups in total. The molecule has 2 heterocycles. The Morgan fingerprint density at radius 1 is 1.03 bits per heavy atom. The minimum absolute atomic E-state index is 0. The lowest BCUT2D eigenvalue weighted by Gasteiger charge is -2.13. The first-order valence-corrected chi connectivity index (χ1v) is 9.40. The van der Waals surface area contributed by atoms with Crippen molar-refractivity contribution in [2.75, 3.05) is 0 Å². The lowest BCUT2D eigenvalue weighted by molar-refractivity contribution is -0.137. The van der Waals surface area contributed by atoms with Crippen molar-refractivity contribution in [2.24, 2.45) is 0 Å². The van der Waals surface area contributed by atoms with Crippen LogP contribution in [0.25, 0.3) is 10.2 Å². The Hall–Kier alpha value is -2.97. The highest BCUT2D eigenvalue weighted by Crippen LogP contribution is 2.31. The van der Waals surface area contributed by atoms with Gasteiger partial charge in [0.1, 0.15) is 17.3 Å². The van der Waals surface area contributed by atoms with Crippen molar-refractivity contribution in [3.05, 3.63) is 94.0 Å². The second-order valence-corrected chi connectivity index (χ2v) is 7.51. The van der Waals surface area contributed by atoms with E-state index in [-0.39, 0.29) is 29.0 Å². The summed E-state index contributed by atoms with van der Waals surface area (Å²) >= 11 is 0.922. The molecule has 9 heteroatoms. The smallest absolute Gasteiger partial charge is 0.315 e. The molecule has 0 amide bonds. The number of carbonyl (C=O) groups is 1. The summed E-state index contributed by atoms with van der Waals surface area (Å²) in [6, 6.07) is 10.9. The summed E-state index contributed by atoms with van der Waals surface area (Å²) in [5.41, 5.74) is 1.37. The van der Waals surface area contributed by atoms with Crippen LogP contribution >= 0.6 is 23.7 Å². The highest BCUT2D eigenvalue weighted by Gasteiger charge is 2.23. The summed E-state index contributed by atoms with van der Waals surface area (Å²) in [4.78, 5) is 20.0. The zero-order valence-corrected chi connectivity index (χ0v) is 16.8. The third-order valence-corrected chi connectivity index (χ3v) is 5.51. The average Bonchev–Trinajstić information content (AvgIpc) is 3.12. The van der Waals surface area contributed by atoms with Gasteiger partial charge in [0.25, 0.3) is 0 Å². The maximum atomic E-state index is 13.9. The lowest BCUT2D eigenvalue weighted by atomic mass is 9.91. The van der Waals surface area contributed by atoms with E-state index >= 15 is 0 Å². The zero-order chi connectivity index (χ0) is 20.5. The number of fused-ring (bicyclic) bond motifs is 1.